The van der Waals surface area contributed by atoms with Crippen molar-refractivity contribution in [2.24, 2.45) is 5.73 Å². The topological polar surface area (TPSA) is 66.6 Å². The van der Waals surface area contributed by atoms with Crippen LogP contribution >= 0.6 is 0 Å². The molecule has 0 heterocycles. The van der Waals surface area contributed by atoms with Crippen molar-refractivity contribution >= 4 is 11.8 Å². The lowest BCUT2D eigenvalue weighted by molar-refractivity contribution is 0.0230. The molecule has 17 heavy (non-hydrogen) atoms. The summed E-state index contributed by atoms with van der Waals surface area (Å²) < 4.78 is 0. The highest BCUT2D eigenvalue weighted by Gasteiger charge is 2.15. The van der Waals surface area contributed by atoms with Gasteiger partial charge in [0.15, 0.2) is 0 Å². The minimum atomic E-state index is -0.496. The molecule has 2 amide bonds. The van der Waals surface area contributed by atoms with Crippen molar-refractivity contribution in [2.75, 3.05) is 20.6 Å². The molecule has 0 bridgehead atoms. The maximum absolute atomic E-state index is 12.1. The van der Waals surface area contributed by atoms with Crippen LogP contribution in [0.1, 0.15) is 27.6 Å². The maximum atomic E-state index is 12.1. The zero-order valence-electron chi connectivity index (χ0n) is 10.3. The number of rotatable bonds is 4. The molecule has 0 fully saturated rings. The minimum Gasteiger partial charge on any atom is -0.366 e. The fraction of sp³-hybridized carbons (Fsp3) is 0.333. The van der Waals surface area contributed by atoms with Gasteiger partial charge in [0.2, 0.25) is 5.91 Å². The quantitative estimate of drug-likeness (QED) is 0.782. The Morgan fingerprint density at radius 2 is 1.59 bits per heavy atom. The predicted molar refractivity (Wildman–Crippen MR) is 65.4 cm³/mol. The van der Waals surface area contributed by atoms with E-state index in [4.69, 9.17) is 5.73 Å². The molecule has 0 aliphatic rings. The summed E-state index contributed by atoms with van der Waals surface area (Å²) in [5.41, 5.74) is 6.06. The lowest BCUT2D eigenvalue weighted by Gasteiger charge is -2.27. The Labute approximate surface area is 101 Å². The highest BCUT2D eigenvalue weighted by atomic mass is 16.2. The van der Waals surface area contributed by atoms with Gasteiger partial charge in [-0.25, -0.2) is 5.01 Å². The van der Waals surface area contributed by atoms with Gasteiger partial charge in [-0.2, -0.15) is 0 Å². The number of carbonyl (C=O) groups is 2. The van der Waals surface area contributed by atoms with E-state index in [-0.39, 0.29) is 5.91 Å². The molecule has 0 aromatic heterocycles. The van der Waals surface area contributed by atoms with Crippen LogP contribution in [0.3, 0.4) is 0 Å². The Bertz CT molecular complexity index is 412. The van der Waals surface area contributed by atoms with Crippen molar-refractivity contribution < 1.29 is 9.59 Å². The molecule has 0 atom stereocenters. The first-order valence-corrected chi connectivity index (χ1v) is 5.36. The molecule has 0 spiro atoms. The molecule has 1 aromatic rings. The van der Waals surface area contributed by atoms with Crippen LogP contribution in [0.2, 0.25) is 0 Å². The van der Waals surface area contributed by atoms with Crippen LogP contribution in [0.5, 0.6) is 0 Å². The summed E-state index contributed by atoms with van der Waals surface area (Å²) in [6, 6.07) is 6.32. The summed E-state index contributed by atoms with van der Waals surface area (Å²) in [4.78, 5) is 23.0. The molecule has 0 saturated heterocycles. The van der Waals surface area contributed by atoms with Crippen molar-refractivity contribution in [1.29, 1.82) is 0 Å². The first-order valence-electron chi connectivity index (χ1n) is 5.36. The summed E-state index contributed by atoms with van der Waals surface area (Å²) in [7, 11) is 3.61. The van der Waals surface area contributed by atoms with Gasteiger partial charge in [-0.15, -0.1) is 0 Å². The van der Waals surface area contributed by atoms with Crippen molar-refractivity contribution in [3.8, 4) is 0 Å². The number of carbonyl (C=O) groups excluding carboxylic acids is 2. The van der Waals surface area contributed by atoms with E-state index in [2.05, 4.69) is 0 Å². The number of hydrogen-bond acceptors (Lipinski definition) is 3. The van der Waals surface area contributed by atoms with E-state index in [1.807, 2.05) is 6.92 Å². The third-order valence-electron chi connectivity index (χ3n) is 2.43. The Morgan fingerprint density at radius 3 is 1.94 bits per heavy atom. The summed E-state index contributed by atoms with van der Waals surface area (Å²) in [5.74, 6) is -0.600. The molecule has 5 heteroatoms. The Balaban J connectivity index is 2.93. The molecule has 0 saturated carbocycles. The van der Waals surface area contributed by atoms with E-state index in [1.165, 1.54) is 0 Å². The number of hydrogen-bond donors (Lipinski definition) is 1. The van der Waals surface area contributed by atoms with E-state index in [9.17, 15) is 9.59 Å². The van der Waals surface area contributed by atoms with E-state index >= 15 is 0 Å². The number of hydrazine groups is 1. The van der Waals surface area contributed by atoms with Crippen molar-refractivity contribution in [2.45, 2.75) is 6.92 Å². The second kappa shape index (κ2) is 5.45. The third kappa shape index (κ3) is 3.04. The van der Waals surface area contributed by atoms with Crippen LogP contribution in [-0.2, 0) is 0 Å². The fourth-order valence-electron chi connectivity index (χ4n) is 1.53. The number of primary amides is 1. The Hall–Kier alpha value is -1.88. The average molecular weight is 235 g/mol. The standard InChI is InChI=1S/C12H17N3O2/c1-4-15(14(2)3)12(17)10-7-5-9(6-8-10)11(13)16/h5-8H,4H2,1-3H3,(H2,13,16). The molecule has 92 valence electrons. The summed E-state index contributed by atoms with van der Waals surface area (Å²) in [6.07, 6.45) is 0. The molecule has 1 aromatic carbocycles. The van der Waals surface area contributed by atoms with Crippen molar-refractivity contribution in [3.63, 3.8) is 0 Å². The van der Waals surface area contributed by atoms with E-state index in [1.54, 1.807) is 48.4 Å². The third-order valence-corrected chi connectivity index (χ3v) is 2.43. The van der Waals surface area contributed by atoms with Gasteiger partial charge in [0.1, 0.15) is 0 Å². The normalized spacial score (nSPS) is 10.4. The van der Waals surface area contributed by atoms with Crippen LogP contribution in [0, 0.1) is 0 Å². The van der Waals surface area contributed by atoms with Crippen molar-refractivity contribution in [3.05, 3.63) is 35.4 Å². The van der Waals surface area contributed by atoms with Gasteiger partial charge < -0.3 is 5.73 Å². The van der Waals surface area contributed by atoms with E-state index < -0.39 is 5.91 Å². The lowest BCUT2D eigenvalue weighted by Crippen LogP contribution is -2.41. The molecule has 0 radical (unpaired) electrons. The Kier molecular flexibility index (Phi) is 4.23. The predicted octanol–water partition coefficient (Wildman–Crippen LogP) is 0.724. The lowest BCUT2D eigenvalue weighted by atomic mass is 10.1. The average Bonchev–Trinajstić information content (AvgIpc) is 2.29. The van der Waals surface area contributed by atoms with Gasteiger partial charge in [-0.05, 0) is 31.2 Å². The van der Waals surface area contributed by atoms with Crippen LogP contribution < -0.4 is 5.73 Å². The SMILES string of the molecule is CCN(C(=O)c1ccc(C(N)=O)cc1)N(C)C. The number of nitrogens with zero attached hydrogens (tertiary/aromatic N) is 2. The van der Waals surface area contributed by atoms with Gasteiger partial charge in [-0.1, -0.05) is 0 Å². The molecule has 2 N–H and O–H groups in total. The summed E-state index contributed by atoms with van der Waals surface area (Å²) in [5, 5.41) is 3.32. The first-order chi connectivity index (χ1) is 7.97. The smallest absolute Gasteiger partial charge is 0.268 e. The van der Waals surface area contributed by atoms with Gasteiger partial charge in [0.05, 0.1) is 0 Å². The number of amides is 2. The van der Waals surface area contributed by atoms with Crippen LogP contribution in [0.15, 0.2) is 24.3 Å². The highest BCUT2D eigenvalue weighted by molar-refractivity contribution is 5.97. The van der Waals surface area contributed by atoms with Gasteiger partial charge in [0, 0.05) is 31.8 Å². The van der Waals surface area contributed by atoms with Gasteiger partial charge in [0.25, 0.3) is 5.91 Å². The molecular weight excluding hydrogens is 218 g/mol. The van der Waals surface area contributed by atoms with Gasteiger partial charge in [-0.3, -0.25) is 14.6 Å². The maximum Gasteiger partial charge on any atom is 0.268 e. The fourth-order valence-corrected chi connectivity index (χ4v) is 1.53. The second-order valence-electron chi connectivity index (χ2n) is 3.81. The van der Waals surface area contributed by atoms with Gasteiger partial charge >= 0.3 is 0 Å². The molecule has 0 unspecified atom stereocenters. The largest absolute Gasteiger partial charge is 0.366 e. The highest BCUT2D eigenvalue weighted by Crippen LogP contribution is 2.08. The molecule has 5 nitrogen and oxygen atoms in total. The molecule has 0 aliphatic heterocycles. The van der Waals surface area contributed by atoms with E-state index in [0.29, 0.717) is 17.7 Å². The van der Waals surface area contributed by atoms with Crippen molar-refractivity contribution in [1.82, 2.24) is 10.0 Å². The molecule has 0 aliphatic carbocycles. The van der Waals surface area contributed by atoms with E-state index in [0.717, 1.165) is 0 Å². The zero-order chi connectivity index (χ0) is 13.0. The second-order valence-corrected chi connectivity index (χ2v) is 3.81. The number of nitrogens with two attached hydrogens (primary N) is 1. The zero-order valence-corrected chi connectivity index (χ0v) is 10.3. The number of benzene rings is 1. The Morgan fingerprint density at radius 1 is 1.12 bits per heavy atom. The van der Waals surface area contributed by atoms with Crippen LogP contribution in [-0.4, -0.2) is 42.5 Å². The molecular formula is C12H17N3O2. The van der Waals surface area contributed by atoms with Crippen LogP contribution in [0.4, 0.5) is 0 Å². The summed E-state index contributed by atoms with van der Waals surface area (Å²) in [6.45, 7) is 2.49. The first kappa shape index (κ1) is 13.2. The molecule has 1 rings (SSSR count). The van der Waals surface area contributed by atoms with Crippen LogP contribution in [0.25, 0.3) is 0 Å². The monoisotopic (exact) mass is 235 g/mol. The summed E-state index contributed by atoms with van der Waals surface area (Å²) >= 11 is 0. The minimum absolute atomic E-state index is 0.103.